The molecule has 1 heterocycles. The van der Waals surface area contributed by atoms with Gasteiger partial charge in [-0.2, -0.15) is 0 Å². The topological polar surface area (TPSA) is 99.2 Å². The second-order valence-corrected chi connectivity index (χ2v) is 10.7. The Bertz CT molecular complexity index is 1760. The maximum absolute atomic E-state index is 13.1. The molecule has 3 aliphatic rings. The molecule has 1 aliphatic heterocycles. The van der Waals surface area contributed by atoms with Gasteiger partial charge in [-0.05, 0) is 102 Å². The van der Waals surface area contributed by atoms with Gasteiger partial charge in [0.1, 0.15) is 17.2 Å². The molecule has 1 saturated carbocycles. The van der Waals surface area contributed by atoms with Gasteiger partial charge in [-0.1, -0.05) is 24.3 Å². The zero-order chi connectivity index (χ0) is 29.0. The highest BCUT2D eigenvalue weighted by Crippen LogP contribution is 2.53. The minimum absolute atomic E-state index is 0.138. The van der Waals surface area contributed by atoms with Gasteiger partial charge >= 0.3 is 11.9 Å². The second kappa shape index (κ2) is 9.99. The summed E-state index contributed by atoms with van der Waals surface area (Å²) < 4.78 is 16.2. The summed E-state index contributed by atoms with van der Waals surface area (Å²) in [5, 5.41) is 1.59. The molecule has 2 amide bonds. The first-order valence-electron chi connectivity index (χ1n) is 13.7. The lowest BCUT2D eigenvalue weighted by molar-refractivity contribution is -0.123. The summed E-state index contributed by atoms with van der Waals surface area (Å²) in [4.78, 5) is 52.8. The summed E-state index contributed by atoms with van der Waals surface area (Å²) in [5.74, 6) is -0.272. The molecule has 2 fully saturated rings. The minimum Gasteiger partial charge on any atom is -0.497 e. The SMILES string of the molecule is COc1ccc(C(=O)Oc2ccc3cc(OC(=O)c4ccc(N5C(=O)C6C7C=CC(C7)C6C5=O)cc4)ccc3c2)cc1. The Hall–Kier alpha value is -5.24. The Labute approximate surface area is 241 Å². The maximum Gasteiger partial charge on any atom is 0.343 e. The summed E-state index contributed by atoms with van der Waals surface area (Å²) in [6, 6.07) is 23.3. The highest BCUT2D eigenvalue weighted by molar-refractivity contribution is 6.22. The van der Waals surface area contributed by atoms with Gasteiger partial charge in [0, 0.05) is 0 Å². The fourth-order valence-electron chi connectivity index (χ4n) is 6.29. The summed E-state index contributed by atoms with van der Waals surface area (Å²) in [7, 11) is 1.55. The lowest BCUT2D eigenvalue weighted by Gasteiger charge is -2.17. The van der Waals surface area contributed by atoms with Crippen molar-refractivity contribution in [3.05, 3.63) is 108 Å². The molecule has 2 bridgehead atoms. The van der Waals surface area contributed by atoms with Gasteiger partial charge in [-0.25, -0.2) is 9.59 Å². The number of ether oxygens (including phenoxy) is 3. The van der Waals surface area contributed by atoms with Crippen LogP contribution in [0.5, 0.6) is 17.2 Å². The Kier molecular flexibility index (Phi) is 6.12. The average Bonchev–Trinajstić information content (AvgIpc) is 3.70. The number of amides is 2. The highest BCUT2D eigenvalue weighted by atomic mass is 16.5. The van der Waals surface area contributed by atoms with Gasteiger partial charge in [0.25, 0.3) is 0 Å². The van der Waals surface area contributed by atoms with Crippen molar-refractivity contribution in [1.29, 1.82) is 0 Å². The van der Waals surface area contributed by atoms with Crippen molar-refractivity contribution in [2.45, 2.75) is 6.42 Å². The van der Waals surface area contributed by atoms with Crippen LogP contribution in [0.2, 0.25) is 0 Å². The molecular weight excluding hydrogens is 534 g/mol. The predicted octanol–water partition coefficient (Wildman–Crippen LogP) is 5.60. The molecule has 0 N–H and O–H groups in total. The van der Waals surface area contributed by atoms with Gasteiger partial charge in [0.05, 0.1) is 35.8 Å². The van der Waals surface area contributed by atoms with E-state index in [0.29, 0.717) is 34.1 Å². The van der Waals surface area contributed by atoms with Crippen molar-refractivity contribution in [2.75, 3.05) is 12.0 Å². The molecule has 0 radical (unpaired) electrons. The third-order valence-corrected chi connectivity index (χ3v) is 8.36. The predicted molar refractivity (Wildman–Crippen MR) is 154 cm³/mol. The van der Waals surface area contributed by atoms with E-state index in [1.807, 2.05) is 0 Å². The van der Waals surface area contributed by atoms with E-state index in [9.17, 15) is 19.2 Å². The fraction of sp³-hybridized carbons (Fsp3) is 0.176. The number of fused-ring (bicyclic) bond motifs is 6. The standard InChI is InChI=1S/C34H25NO7/c1-40-26-12-6-20(7-13-26)34(39)42-28-15-9-21-17-27(14-8-22(21)18-28)41-33(38)19-4-10-25(11-5-19)35-31(36)29-23-2-3-24(16-23)30(29)32(35)37/h2-15,17-18,23-24,29-30H,16H2,1H3. The van der Waals surface area contributed by atoms with Crippen molar-refractivity contribution in [2.24, 2.45) is 23.7 Å². The number of esters is 2. The third kappa shape index (κ3) is 4.32. The maximum atomic E-state index is 13.1. The van der Waals surface area contributed by atoms with Crippen LogP contribution >= 0.6 is 0 Å². The number of benzene rings is 4. The smallest absolute Gasteiger partial charge is 0.343 e. The van der Waals surface area contributed by atoms with Gasteiger partial charge in [0.2, 0.25) is 11.8 Å². The van der Waals surface area contributed by atoms with Crippen molar-refractivity contribution in [3.8, 4) is 17.2 Å². The zero-order valence-electron chi connectivity index (χ0n) is 22.6. The van der Waals surface area contributed by atoms with E-state index < -0.39 is 11.9 Å². The number of allylic oxidation sites excluding steroid dienone is 2. The molecule has 7 rings (SSSR count). The summed E-state index contributed by atoms with van der Waals surface area (Å²) in [6.45, 7) is 0. The number of hydrogen-bond donors (Lipinski definition) is 0. The van der Waals surface area contributed by atoms with Crippen molar-refractivity contribution < 1.29 is 33.4 Å². The normalized spacial score (nSPS) is 22.0. The third-order valence-electron chi connectivity index (χ3n) is 8.36. The Balaban J connectivity index is 1.01. The molecule has 0 spiro atoms. The number of methoxy groups -OCH3 is 1. The van der Waals surface area contributed by atoms with Gasteiger partial charge in [-0.15, -0.1) is 0 Å². The first kappa shape index (κ1) is 25.7. The average molecular weight is 560 g/mol. The molecule has 1 saturated heterocycles. The van der Waals surface area contributed by atoms with Crippen LogP contribution < -0.4 is 19.1 Å². The second-order valence-electron chi connectivity index (χ2n) is 10.7. The zero-order valence-corrected chi connectivity index (χ0v) is 22.6. The van der Waals surface area contributed by atoms with E-state index >= 15 is 0 Å². The first-order valence-corrected chi connectivity index (χ1v) is 13.7. The molecule has 4 unspecified atom stereocenters. The highest BCUT2D eigenvalue weighted by Gasteiger charge is 2.59. The number of rotatable bonds is 6. The molecule has 4 atom stereocenters. The van der Waals surface area contributed by atoms with Crippen LogP contribution in [-0.4, -0.2) is 30.9 Å². The molecule has 0 aromatic heterocycles. The van der Waals surface area contributed by atoms with Crippen LogP contribution in [-0.2, 0) is 9.59 Å². The summed E-state index contributed by atoms with van der Waals surface area (Å²) in [5.41, 5.74) is 1.15. The lowest BCUT2D eigenvalue weighted by Crippen LogP contribution is -2.32. The van der Waals surface area contributed by atoms with Gasteiger partial charge in [-0.3, -0.25) is 14.5 Å². The molecule has 42 heavy (non-hydrogen) atoms. The largest absolute Gasteiger partial charge is 0.497 e. The van der Waals surface area contributed by atoms with Crippen LogP contribution in [0.15, 0.2) is 97.1 Å². The molecule has 208 valence electrons. The minimum atomic E-state index is -0.566. The quantitative estimate of drug-likeness (QED) is 0.131. The van der Waals surface area contributed by atoms with E-state index in [1.165, 1.54) is 4.90 Å². The Morgan fingerprint density at radius 2 is 1.10 bits per heavy atom. The molecule has 8 heteroatoms. The number of hydrogen-bond acceptors (Lipinski definition) is 7. The Morgan fingerprint density at radius 3 is 1.57 bits per heavy atom. The first-order chi connectivity index (χ1) is 20.4. The molecule has 4 aromatic carbocycles. The number of nitrogens with zero attached hydrogens (tertiary/aromatic N) is 1. The number of carbonyl (C=O) groups excluding carboxylic acids is 4. The Morgan fingerprint density at radius 1 is 0.643 bits per heavy atom. The van der Waals surface area contributed by atoms with E-state index in [2.05, 4.69) is 12.2 Å². The van der Waals surface area contributed by atoms with E-state index in [-0.39, 0.29) is 35.5 Å². The van der Waals surface area contributed by atoms with Crippen molar-refractivity contribution in [1.82, 2.24) is 0 Å². The number of anilines is 1. The van der Waals surface area contributed by atoms with Crippen molar-refractivity contribution in [3.63, 3.8) is 0 Å². The van der Waals surface area contributed by atoms with E-state index in [4.69, 9.17) is 14.2 Å². The van der Waals surface area contributed by atoms with Crippen LogP contribution in [0.25, 0.3) is 10.8 Å². The summed E-state index contributed by atoms with van der Waals surface area (Å²) >= 11 is 0. The van der Waals surface area contributed by atoms with Gasteiger partial charge < -0.3 is 14.2 Å². The molecule has 4 aromatic rings. The summed E-state index contributed by atoms with van der Waals surface area (Å²) in [6.07, 6.45) is 4.99. The molecular formula is C34H25NO7. The van der Waals surface area contributed by atoms with Crippen LogP contribution in [0.4, 0.5) is 5.69 Å². The fourth-order valence-corrected chi connectivity index (χ4v) is 6.29. The van der Waals surface area contributed by atoms with Crippen LogP contribution in [0.3, 0.4) is 0 Å². The molecule has 8 nitrogen and oxygen atoms in total. The number of carbonyl (C=O) groups is 4. The molecule has 2 aliphatic carbocycles. The van der Waals surface area contributed by atoms with Crippen molar-refractivity contribution >= 4 is 40.2 Å². The van der Waals surface area contributed by atoms with E-state index in [0.717, 1.165) is 17.2 Å². The van der Waals surface area contributed by atoms with Crippen LogP contribution in [0, 0.1) is 23.7 Å². The van der Waals surface area contributed by atoms with Crippen LogP contribution in [0.1, 0.15) is 27.1 Å². The monoisotopic (exact) mass is 559 g/mol. The van der Waals surface area contributed by atoms with Gasteiger partial charge in [0.15, 0.2) is 0 Å². The van der Waals surface area contributed by atoms with E-state index in [1.54, 1.807) is 92.0 Å². The number of imide groups is 1. The lowest BCUT2D eigenvalue weighted by atomic mass is 9.85.